The standard InChI is InChI=1S/C13H19N3O2S/c1-9(6-10(7-17)18-2)11-4-5-12-13(19-3)14-8-15-16(11)12/h4-5,8-10,17H,6-7H2,1-3H3. The lowest BCUT2D eigenvalue weighted by molar-refractivity contribution is 0.0390. The van der Waals surface area contributed by atoms with Gasteiger partial charge in [0.2, 0.25) is 0 Å². The first-order valence-electron chi connectivity index (χ1n) is 6.21. The average molecular weight is 281 g/mol. The Kier molecular flexibility index (Phi) is 4.79. The van der Waals surface area contributed by atoms with Crippen LogP contribution >= 0.6 is 11.8 Å². The molecule has 0 saturated carbocycles. The number of aliphatic hydroxyl groups is 1. The molecule has 0 aliphatic heterocycles. The minimum absolute atomic E-state index is 0.0369. The van der Waals surface area contributed by atoms with Crippen LogP contribution in [0.1, 0.15) is 25.0 Å². The Bertz CT molecular complexity index is 540. The molecule has 0 spiro atoms. The van der Waals surface area contributed by atoms with E-state index in [1.165, 1.54) is 0 Å². The Balaban J connectivity index is 2.30. The van der Waals surface area contributed by atoms with Crippen molar-refractivity contribution in [1.82, 2.24) is 14.6 Å². The van der Waals surface area contributed by atoms with Crippen LogP contribution in [0.3, 0.4) is 0 Å². The highest BCUT2D eigenvalue weighted by Crippen LogP contribution is 2.26. The van der Waals surface area contributed by atoms with E-state index in [1.807, 2.05) is 16.8 Å². The van der Waals surface area contributed by atoms with Crippen LogP contribution in [-0.4, -0.2) is 45.8 Å². The molecular formula is C13H19N3O2S. The highest BCUT2D eigenvalue weighted by atomic mass is 32.2. The van der Waals surface area contributed by atoms with Crippen LogP contribution in [-0.2, 0) is 4.74 Å². The van der Waals surface area contributed by atoms with Crippen LogP contribution in [0.5, 0.6) is 0 Å². The summed E-state index contributed by atoms with van der Waals surface area (Å²) < 4.78 is 7.15. The number of aliphatic hydroxyl groups excluding tert-OH is 1. The van der Waals surface area contributed by atoms with Crippen LogP contribution in [0.25, 0.3) is 5.52 Å². The van der Waals surface area contributed by atoms with E-state index < -0.39 is 0 Å². The predicted molar refractivity (Wildman–Crippen MR) is 75.7 cm³/mol. The molecule has 19 heavy (non-hydrogen) atoms. The number of nitrogens with zero attached hydrogens (tertiary/aromatic N) is 3. The van der Waals surface area contributed by atoms with Crippen molar-refractivity contribution < 1.29 is 9.84 Å². The summed E-state index contributed by atoms with van der Waals surface area (Å²) in [4.78, 5) is 4.26. The fourth-order valence-electron chi connectivity index (χ4n) is 2.22. The van der Waals surface area contributed by atoms with E-state index >= 15 is 0 Å². The lowest BCUT2D eigenvalue weighted by Gasteiger charge is -2.17. The van der Waals surface area contributed by atoms with Crippen molar-refractivity contribution in [1.29, 1.82) is 0 Å². The van der Waals surface area contributed by atoms with Gasteiger partial charge >= 0.3 is 0 Å². The van der Waals surface area contributed by atoms with E-state index in [9.17, 15) is 5.11 Å². The third-order valence-electron chi connectivity index (χ3n) is 3.30. The van der Waals surface area contributed by atoms with Crippen LogP contribution in [0, 0.1) is 0 Å². The molecule has 104 valence electrons. The topological polar surface area (TPSA) is 59.7 Å². The first-order valence-corrected chi connectivity index (χ1v) is 7.44. The zero-order valence-electron chi connectivity index (χ0n) is 11.4. The van der Waals surface area contributed by atoms with E-state index in [0.29, 0.717) is 0 Å². The van der Waals surface area contributed by atoms with Crippen molar-refractivity contribution in [2.45, 2.75) is 30.4 Å². The van der Waals surface area contributed by atoms with Gasteiger partial charge in [-0.25, -0.2) is 9.50 Å². The minimum atomic E-state index is -0.137. The molecule has 0 amide bonds. The number of fused-ring (bicyclic) bond motifs is 1. The first-order chi connectivity index (χ1) is 9.21. The molecule has 5 nitrogen and oxygen atoms in total. The van der Waals surface area contributed by atoms with Gasteiger partial charge in [0.05, 0.1) is 18.2 Å². The van der Waals surface area contributed by atoms with Gasteiger partial charge in [0.25, 0.3) is 0 Å². The van der Waals surface area contributed by atoms with Gasteiger partial charge in [-0.15, -0.1) is 11.8 Å². The lowest BCUT2D eigenvalue weighted by Crippen LogP contribution is -2.19. The van der Waals surface area contributed by atoms with E-state index in [-0.39, 0.29) is 18.6 Å². The Morgan fingerprint density at radius 2 is 2.26 bits per heavy atom. The molecule has 1 N–H and O–H groups in total. The summed E-state index contributed by atoms with van der Waals surface area (Å²) in [5.74, 6) is 0.254. The maximum absolute atomic E-state index is 9.21. The molecular weight excluding hydrogens is 262 g/mol. The molecule has 0 saturated heterocycles. The molecule has 6 heteroatoms. The van der Waals surface area contributed by atoms with E-state index in [4.69, 9.17) is 4.74 Å². The molecule has 0 aliphatic carbocycles. The number of rotatable bonds is 6. The number of hydrogen-bond acceptors (Lipinski definition) is 5. The summed E-state index contributed by atoms with van der Waals surface area (Å²) in [6, 6.07) is 4.11. The van der Waals surface area contributed by atoms with Gasteiger partial charge in [0.1, 0.15) is 11.4 Å². The molecule has 0 bridgehead atoms. The zero-order chi connectivity index (χ0) is 13.8. The van der Waals surface area contributed by atoms with Crippen LogP contribution in [0.15, 0.2) is 23.5 Å². The largest absolute Gasteiger partial charge is 0.394 e. The van der Waals surface area contributed by atoms with Crippen molar-refractivity contribution in [3.05, 3.63) is 24.2 Å². The summed E-state index contributed by atoms with van der Waals surface area (Å²) in [6.07, 6.45) is 4.21. The smallest absolute Gasteiger partial charge is 0.137 e. The van der Waals surface area contributed by atoms with Crippen molar-refractivity contribution in [2.75, 3.05) is 20.0 Å². The summed E-state index contributed by atoms with van der Waals surface area (Å²) in [7, 11) is 1.62. The summed E-state index contributed by atoms with van der Waals surface area (Å²) in [6.45, 7) is 2.15. The summed E-state index contributed by atoms with van der Waals surface area (Å²) in [5.41, 5.74) is 2.14. The maximum Gasteiger partial charge on any atom is 0.137 e. The van der Waals surface area contributed by atoms with Gasteiger partial charge in [-0.1, -0.05) is 6.92 Å². The quantitative estimate of drug-likeness (QED) is 0.820. The van der Waals surface area contributed by atoms with Gasteiger partial charge < -0.3 is 9.84 Å². The van der Waals surface area contributed by atoms with E-state index in [0.717, 1.165) is 22.7 Å². The molecule has 2 heterocycles. The number of thioether (sulfide) groups is 1. The maximum atomic E-state index is 9.21. The molecule has 2 unspecified atom stereocenters. The molecule has 2 aromatic rings. The molecule has 0 radical (unpaired) electrons. The zero-order valence-corrected chi connectivity index (χ0v) is 12.2. The van der Waals surface area contributed by atoms with Gasteiger partial charge in [0.15, 0.2) is 0 Å². The van der Waals surface area contributed by atoms with Crippen LogP contribution in [0.4, 0.5) is 0 Å². The van der Waals surface area contributed by atoms with E-state index in [1.54, 1.807) is 25.2 Å². The highest BCUT2D eigenvalue weighted by molar-refractivity contribution is 7.98. The Hall–Kier alpha value is -1.11. The number of methoxy groups -OCH3 is 1. The van der Waals surface area contributed by atoms with Gasteiger partial charge in [-0.2, -0.15) is 5.10 Å². The van der Waals surface area contributed by atoms with Crippen molar-refractivity contribution in [2.24, 2.45) is 0 Å². The Morgan fingerprint density at radius 1 is 1.47 bits per heavy atom. The SMILES string of the molecule is COC(CO)CC(C)c1ccc2c(SC)ncnn12. The normalized spacial score (nSPS) is 14.7. The van der Waals surface area contributed by atoms with Gasteiger partial charge in [-0.05, 0) is 24.8 Å². The third-order valence-corrected chi connectivity index (χ3v) is 4.00. The lowest BCUT2D eigenvalue weighted by atomic mass is 10.0. The molecule has 0 fully saturated rings. The monoisotopic (exact) mass is 281 g/mol. The summed E-state index contributed by atoms with van der Waals surface area (Å²) in [5, 5.41) is 14.5. The average Bonchev–Trinajstić information content (AvgIpc) is 2.88. The second kappa shape index (κ2) is 6.36. The second-order valence-corrected chi connectivity index (χ2v) is 5.30. The second-order valence-electron chi connectivity index (χ2n) is 4.50. The molecule has 2 atom stereocenters. The van der Waals surface area contributed by atoms with Crippen molar-refractivity contribution >= 4 is 17.3 Å². The highest BCUT2D eigenvalue weighted by Gasteiger charge is 2.17. The van der Waals surface area contributed by atoms with Crippen LogP contribution in [0.2, 0.25) is 0 Å². The van der Waals surface area contributed by atoms with Crippen molar-refractivity contribution in [3.8, 4) is 0 Å². The Morgan fingerprint density at radius 3 is 2.89 bits per heavy atom. The minimum Gasteiger partial charge on any atom is -0.394 e. The van der Waals surface area contributed by atoms with Crippen LogP contribution < -0.4 is 0 Å². The van der Waals surface area contributed by atoms with Gasteiger partial charge in [0, 0.05) is 18.7 Å². The summed E-state index contributed by atoms with van der Waals surface area (Å²) >= 11 is 1.61. The fourth-order valence-corrected chi connectivity index (χ4v) is 2.74. The number of ether oxygens (including phenoxy) is 1. The molecule has 2 aromatic heterocycles. The van der Waals surface area contributed by atoms with Crippen molar-refractivity contribution in [3.63, 3.8) is 0 Å². The van der Waals surface area contributed by atoms with Gasteiger partial charge in [-0.3, -0.25) is 0 Å². The molecule has 0 aromatic carbocycles. The number of hydrogen-bond donors (Lipinski definition) is 1. The molecule has 0 aliphatic rings. The predicted octanol–water partition coefficient (Wildman–Crippen LogP) is 1.95. The third kappa shape index (κ3) is 2.91. The fraction of sp³-hybridized carbons (Fsp3) is 0.538. The Labute approximate surface area is 117 Å². The number of aromatic nitrogens is 3. The molecule has 2 rings (SSSR count). The first kappa shape index (κ1) is 14.3. The van der Waals surface area contributed by atoms with E-state index in [2.05, 4.69) is 23.1 Å².